The summed E-state index contributed by atoms with van der Waals surface area (Å²) in [6, 6.07) is 19.0. The molecule has 1 fully saturated rings. The Bertz CT molecular complexity index is 1090. The summed E-state index contributed by atoms with van der Waals surface area (Å²) in [5, 5.41) is 0.356. The maximum Gasteiger partial charge on any atom is 0.293 e. The normalized spacial score (nSPS) is 15.6. The first-order valence-corrected chi connectivity index (χ1v) is 9.95. The van der Waals surface area contributed by atoms with Gasteiger partial charge in [0.2, 0.25) is 0 Å². The van der Waals surface area contributed by atoms with Crippen LogP contribution in [0.25, 0.3) is 11.8 Å². The Morgan fingerprint density at radius 1 is 1.00 bits per heavy atom. The minimum Gasteiger partial charge on any atom is -0.317 e. The molecule has 28 heavy (non-hydrogen) atoms. The molecule has 0 unspecified atom stereocenters. The van der Waals surface area contributed by atoms with Gasteiger partial charge in [0.25, 0.3) is 11.1 Å². The fourth-order valence-corrected chi connectivity index (χ4v) is 4.06. The van der Waals surface area contributed by atoms with Gasteiger partial charge < -0.3 is 4.57 Å². The number of benzene rings is 2. The van der Waals surface area contributed by atoms with Gasteiger partial charge in [-0.2, -0.15) is 0 Å². The average Bonchev–Trinajstić information content (AvgIpc) is 3.24. The molecule has 0 radical (unpaired) electrons. The van der Waals surface area contributed by atoms with E-state index >= 15 is 0 Å². The van der Waals surface area contributed by atoms with Gasteiger partial charge in [-0.3, -0.25) is 14.5 Å². The molecule has 4 nitrogen and oxygen atoms in total. The lowest BCUT2D eigenvalue weighted by molar-refractivity contribution is -0.123. The summed E-state index contributed by atoms with van der Waals surface area (Å²) in [5.41, 5.74) is 3.88. The highest BCUT2D eigenvalue weighted by Gasteiger charge is 2.35. The second kappa shape index (κ2) is 7.70. The molecule has 1 aliphatic rings. The third-order valence-corrected chi connectivity index (χ3v) is 5.72. The van der Waals surface area contributed by atoms with Crippen LogP contribution in [0.5, 0.6) is 0 Å². The highest BCUT2D eigenvalue weighted by molar-refractivity contribution is 8.18. The summed E-state index contributed by atoms with van der Waals surface area (Å²) in [7, 11) is 0. The van der Waals surface area contributed by atoms with Crippen molar-refractivity contribution < 1.29 is 9.59 Å². The van der Waals surface area contributed by atoms with Crippen molar-refractivity contribution in [2.75, 3.05) is 0 Å². The first kappa shape index (κ1) is 18.6. The lowest BCUT2D eigenvalue weighted by atomic mass is 10.2. The number of thioether (sulfide) groups is 1. The van der Waals surface area contributed by atoms with E-state index in [4.69, 9.17) is 11.6 Å². The third-order valence-electron chi connectivity index (χ3n) is 4.56. The van der Waals surface area contributed by atoms with Gasteiger partial charge in [-0.1, -0.05) is 41.9 Å². The van der Waals surface area contributed by atoms with Gasteiger partial charge in [-0.15, -0.1) is 0 Å². The molecule has 0 saturated carbocycles. The summed E-state index contributed by atoms with van der Waals surface area (Å²) >= 11 is 6.87. The fraction of sp³-hybridized carbons (Fsp3) is 0.0909. The van der Waals surface area contributed by atoms with Gasteiger partial charge in [0.15, 0.2) is 0 Å². The van der Waals surface area contributed by atoms with Gasteiger partial charge in [-0.25, -0.2) is 0 Å². The Hall–Kier alpha value is -2.76. The smallest absolute Gasteiger partial charge is 0.293 e. The van der Waals surface area contributed by atoms with Gasteiger partial charge in [0, 0.05) is 22.6 Å². The molecule has 1 aromatic heterocycles. The third kappa shape index (κ3) is 3.63. The second-order valence-corrected chi connectivity index (χ2v) is 7.91. The van der Waals surface area contributed by atoms with Gasteiger partial charge in [0.05, 0.1) is 11.4 Å². The molecule has 0 N–H and O–H groups in total. The molecule has 2 heterocycles. The van der Waals surface area contributed by atoms with Crippen molar-refractivity contribution in [1.82, 2.24) is 9.47 Å². The molecule has 0 atom stereocenters. The van der Waals surface area contributed by atoms with Crippen molar-refractivity contribution in [3.8, 4) is 5.69 Å². The summed E-state index contributed by atoms with van der Waals surface area (Å²) in [5.74, 6) is -0.275. The lowest BCUT2D eigenvalue weighted by Crippen LogP contribution is -2.27. The zero-order chi connectivity index (χ0) is 19.7. The van der Waals surface area contributed by atoms with Crippen LogP contribution in [0.3, 0.4) is 0 Å². The molecule has 1 aliphatic heterocycles. The standard InChI is InChI=1S/C22H17ClN2O2S/c1-15-5-2-3-7-19(15)24-12-4-6-18(24)13-20-21(26)25(22(27)28-20)14-16-8-10-17(23)11-9-16/h2-13H,14H2,1H3/b20-13+. The van der Waals surface area contributed by atoms with Crippen LogP contribution in [0.15, 0.2) is 71.8 Å². The molecule has 1 saturated heterocycles. The Morgan fingerprint density at radius 2 is 1.75 bits per heavy atom. The molecule has 2 aromatic carbocycles. The number of carbonyl (C=O) groups is 2. The van der Waals surface area contributed by atoms with E-state index in [0.29, 0.717) is 9.93 Å². The predicted octanol–water partition coefficient (Wildman–Crippen LogP) is 5.68. The molecule has 2 amide bonds. The number of hydrogen-bond donors (Lipinski definition) is 0. The molecule has 0 aliphatic carbocycles. The maximum absolute atomic E-state index is 12.8. The number of aromatic nitrogens is 1. The van der Waals surface area contributed by atoms with E-state index in [1.165, 1.54) is 4.90 Å². The van der Waals surface area contributed by atoms with Crippen LogP contribution in [0.1, 0.15) is 16.8 Å². The average molecular weight is 409 g/mol. The number of hydrogen-bond acceptors (Lipinski definition) is 3. The van der Waals surface area contributed by atoms with Crippen LogP contribution in [-0.2, 0) is 11.3 Å². The van der Waals surface area contributed by atoms with E-state index in [1.807, 2.05) is 66.2 Å². The molecule has 6 heteroatoms. The highest BCUT2D eigenvalue weighted by atomic mass is 35.5. The summed E-state index contributed by atoms with van der Waals surface area (Å²) in [6.07, 6.45) is 3.73. The van der Waals surface area contributed by atoms with Crippen LogP contribution < -0.4 is 0 Å². The van der Waals surface area contributed by atoms with Gasteiger partial charge in [-0.05, 0) is 66.2 Å². The number of aryl methyl sites for hydroxylation is 1. The molecule has 140 valence electrons. The Labute approximate surface area is 172 Å². The first-order chi connectivity index (χ1) is 13.5. The minimum absolute atomic E-state index is 0.234. The predicted molar refractivity (Wildman–Crippen MR) is 113 cm³/mol. The molecular weight excluding hydrogens is 392 g/mol. The summed E-state index contributed by atoms with van der Waals surface area (Å²) in [4.78, 5) is 26.9. The zero-order valence-electron chi connectivity index (χ0n) is 15.1. The van der Waals surface area contributed by atoms with Crippen molar-refractivity contribution in [2.45, 2.75) is 13.5 Å². The lowest BCUT2D eigenvalue weighted by Gasteiger charge is -2.12. The highest BCUT2D eigenvalue weighted by Crippen LogP contribution is 2.34. The van der Waals surface area contributed by atoms with Crippen LogP contribution in [0, 0.1) is 6.92 Å². The number of rotatable bonds is 4. The monoisotopic (exact) mass is 408 g/mol. The van der Waals surface area contributed by atoms with E-state index in [-0.39, 0.29) is 17.7 Å². The molecule has 0 bridgehead atoms. The molecule has 4 rings (SSSR count). The van der Waals surface area contributed by atoms with Crippen LogP contribution >= 0.6 is 23.4 Å². The van der Waals surface area contributed by atoms with Gasteiger partial charge >= 0.3 is 0 Å². The number of carbonyl (C=O) groups excluding carboxylic acids is 2. The van der Waals surface area contributed by atoms with Crippen molar-refractivity contribution in [1.29, 1.82) is 0 Å². The van der Waals surface area contributed by atoms with Crippen molar-refractivity contribution in [2.24, 2.45) is 0 Å². The first-order valence-electron chi connectivity index (χ1n) is 8.76. The SMILES string of the molecule is Cc1ccccc1-n1cccc1/C=C1/SC(=O)N(Cc2ccc(Cl)cc2)C1=O. The minimum atomic E-state index is -0.275. The zero-order valence-corrected chi connectivity index (χ0v) is 16.7. The topological polar surface area (TPSA) is 42.3 Å². The van der Waals surface area contributed by atoms with E-state index in [2.05, 4.69) is 0 Å². The van der Waals surface area contributed by atoms with E-state index in [1.54, 1.807) is 18.2 Å². The van der Waals surface area contributed by atoms with Crippen molar-refractivity contribution in [3.05, 3.63) is 93.6 Å². The number of amides is 2. The van der Waals surface area contributed by atoms with Crippen molar-refractivity contribution in [3.63, 3.8) is 0 Å². The number of halogens is 1. The van der Waals surface area contributed by atoms with E-state index in [0.717, 1.165) is 34.3 Å². The van der Waals surface area contributed by atoms with Crippen LogP contribution in [0.2, 0.25) is 5.02 Å². The number of imide groups is 1. The van der Waals surface area contributed by atoms with Crippen LogP contribution in [-0.4, -0.2) is 20.6 Å². The second-order valence-electron chi connectivity index (χ2n) is 6.48. The Kier molecular flexibility index (Phi) is 5.11. The maximum atomic E-state index is 12.8. The number of para-hydroxylation sites is 1. The molecule has 3 aromatic rings. The Morgan fingerprint density at radius 3 is 2.50 bits per heavy atom. The molecular formula is C22H17ClN2O2S. The molecule has 0 spiro atoms. The summed E-state index contributed by atoms with van der Waals surface area (Å²) in [6.45, 7) is 2.27. The fourth-order valence-electron chi connectivity index (χ4n) is 3.11. The van der Waals surface area contributed by atoms with Crippen LogP contribution in [0.4, 0.5) is 4.79 Å². The van der Waals surface area contributed by atoms with Gasteiger partial charge in [0.1, 0.15) is 0 Å². The quantitative estimate of drug-likeness (QED) is 0.522. The number of nitrogens with zero attached hydrogens (tertiary/aromatic N) is 2. The largest absolute Gasteiger partial charge is 0.317 e. The Balaban J connectivity index is 1.61. The summed E-state index contributed by atoms with van der Waals surface area (Å²) < 4.78 is 2.02. The van der Waals surface area contributed by atoms with E-state index in [9.17, 15) is 9.59 Å². The van der Waals surface area contributed by atoms with E-state index < -0.39 is 0 Å². The van der Waals surface area contributed by atoms with Crippen molar-refractivity contribution >= 4 is 40.6 Å².